The van der Waals surface area contributed by atoms with E-state index in [0.717, 1.165) is 18.8 Å². The molecule has 154 valence electrons. The molecule has 1 N–H and O–H groups in total. The molecule has 0 aliphatic carbocycles. The first-order valence-corrected chi connectivity index (χ1v) is 11.6. The third-order valence-corrected chi connectivity index (χ3v) is 5.34. The molecule has 0 aromatic carbocycles. The summed E-state index contributed by atoms with van der Waals surface area (Å²) < 4.78 is 5.20. The summed E-state index contributed by atoms with van der Waals surface area (Å²) in [4.78, 5) is 21.9. The van der Waals surface area contributed by atoms with Crippen molar-refractivity contribution in [1.29, 1.82) is 0 Å². The van der Waals surface area contributed by atoms with Gasteiger partial charge >= 0.3 is 11.9 Å². The van der Waals surface area contributed by atoms with Gasteiger partial charge in [-0.05, 0) is 12.3 Å². The van der Waals surface area contributed by atoms with Gasteiger partial charge in [0.15, 0.2) is 0 Å². The Hall–Kier alpha value is -0.710. The average molecular weight is 389 g/mol. The number of carbonyl (C=O) groups is 2. The molecule has 0 aliphatic rings. The van der Waals surface area contributed by atoms with Crippen molar-refractivity contribution in [3.05, 3.63) is 0 Å². The molecule has 0 unspecified atom stereocenters. The van der Waals surface area contributed by atoms with Gasteiger partial charge in [0.25, 0.3) is 0 Å². The predicted octanol–water partition coefficient (Wildman–Crippen LogP) is 6.07. The molecule has 0 aliphatic heterocycles. The number of thioether (sulfide) groups is 1. The van der Waals surface area contributed by atoms with Crippen molar-refractivity contribution < 1.29 is 19.4 Å². The minimum absolute atomic E-state index is 0.151. The van der Waals surface area contributed by atoms with E-state index in [-0.39, 0.29) is 12.4 Å². The molecule has 5 heteroatoms. The average Bonchev–Trinajstić information content (AvgIpc) is 2.58. The molecule has 0 bridgehead atoms. The van der Waals surface area contributed by atoms with E-state index < -0.39 is 5.97 Å². The van der Waals surface area contributed by atoms with Gasteiger partial charge < -0.3 is 9.84 Å². The summed E-state index contributed by atoms with van der Waals surface area (Å²) in [5, 5.41) is 8.51. The summed E-state index contributed by atoms with van der Waals surface area (Å²) in [5.41, 5.74) is 0. The van der Waals surface area contributed by atoms with E-state index in [9.17, 15) is 9.59 Å². The van der Waals surface area contributed by atoms with Crippen molar-refractivity contribution in [2.45, 2.75) is 97.3 Å². The number of carboxylic acid groups (broad SMARTS) is 1. The first-order valence-electron chi connectivity index (χ1n) is 10.5. The van der Waals surface area contributed by atoms with Crippen LogP contribution in [0, 0.1) is 5.92 Å². The van der Waals surface area contributed by atoms with Gasteiger partial charge in [0, 0.05) is 11.5 Å². The number of aliphatic carboxylic acids is 1. The number of hydrogen-bond donors (Lipinski definition) is 1. The predicted molar refractivity (Wildman–Crippen MR) is 111 cm³/mol. The highest BCUT2D eigenvalue weighted by molar-refractivity contribution is 7.99. The van der Waals surface area contributed by atoms with E-state index in [1.807, 2.05) is 0 Å². The minimum Gasteiger partial charge on any atom is -0.481 e. The Bertz CT molecular complexity index is 345. The molecule has 0 atom stereocenters. The lowest BCUT2D eigenvalue weighted by atomic mass is 10.0. The highest BCUT2D eigenvalue weighted by Gasteiger charge is 2.03. The Kier molecular flexibility index (Phi) is 18.5. The summed E-state index contributed by atoms with van der Waals surface area (Å²) in [5.74, 6) is 1.09. The van der Waals surface area contributed by atoms with Crippen LogP contribution < -0.4 is 0 Å². The highest BCUT2D eigenvalue weighted by Crippen LogP contribution is 2.13. The summed E-state index contributed by atoms with van der Waals surface area (Å²) in [7, 11) is 0. The van der Waals surface area contributed by atoms with E-state index in [4.69, 9.17) is 9.84 Å². The van der Waals surface area contributed by atoms with Gasteiger partial charge in [0.2, 0.25) is 0 Å². The van der Waals surface area contributed by atoms with Crippen LogP contribution in [0.15, 0.2) is 0 Å². The lowest BCUT2D eigenvalue weighted by molar-refractivity contribution is -0.143. The fourth-order valence-corrected chi connectivity index (χ4v) is 3.58. The lowest BCUT2D eigenvalue weighted by Crippen LogP contribution is -2.07. The minimum atomic E-state index is -0.790. The van der Waals surface area contributed by atoms with Gasteiger partial charge in [0.1, 0.15) is 0 Å². The van der Waals surface area contributed by atoms with Crippen LogP contribution in [0.1, 0.15) is 97.3 Å². The van der Waals surface area contributed by atoms with Crippen molar-refractivity contribution in [2.75, 3.05) is 18.1 Å². The zero-order valence-electron chi connectivity index (χ0n) is 17.0. The molecular formula is C21H40O4S. The zero-order chi connectivity index (χ0) is 19.5. The number of carboxylic acids is 1. The van der Waals surface area contributed by atoms with Gasteiger partial charge in [-0.3, -0.25) is 9.59 Å². The van der Waals surface area contributed by atoms with Crippen molar-refractivity contribution >= 4 is 23.7 Å². The molecule has 0 spiro atoms. The Balaban J connectivity index is 3.16. The molecule has 26 heavy (non-hydrogen) atoms. The van der Waals surface area contributed by atoms with Gasteiger partial charge in [-0.2, -0.15) is 11.8 Å². The second-order valence-electron chi connectivity index (χ2n) is 7.44. The van der Waals surface area contributed by atoms with Crippen molar-refractivity contribution in [2.24, 2.45) is 5.92 Å². The van der Waals surface area contributed by atoms with Crippen LogP contribution in [0.5, 0.6) is 0 Å². The fourth-order valence-electron chi connectivity index (χ4n) is 2.74. The van der Waals surface area contributed by atoms with Crippen molar-refractivity contribution in [3.63, 3.8) is 0 Å². The van der Waals surface area contributed by atoms with Crippen LogP contribution in [0.4, 0.5) is 0 Å². The van der Waals surface area contributed by atoms with Crippen molar-refractivity contribution in [1.82, 2.24) is 0 Å². The van der Waals surface area contributed by atoms with Gasteiger partial charge in [0.05, 0.1) is 19.4 Å². The quantitative estimate of drug-likeness (QED) is 0.215. The Labute approximate surface area is 164 Å². The maximum absolute atomic E-state index is 11.5. The number of rotatable bonds is 19. The standard InChI is InChI=1S/C21H40O4S/c1-19(2)13-11-9-7-5-3-4-6-8-10-12-16-25-21(24)15-18-26-17-14-20(22)23/h19H,3-18H2,1-2H3,(H,22,23). The van der Waals surface area contributed by atoms with Gasteiger partial charge in [-0.15, -0.1) is 0 Å². The monoisotopic (exact) mass is 388 g/mol. The van der Waals surface area contributed by atoms with Crippen LogP contribution in [-0.2, 0) is 14.3 Å². The van der Waals surface area contributed by atoms with Gasteiger partial charge in [-0.1, -0.05) is 78.1 Å². The molecule has 0 rings (SSSR count). The molecule has 0 saturated heterocycles. The number of hydrogen-bond acceptors (Lipinski definition) is 4. The molecule has 0 fully saturated rings. The summed E-state index contributed by atoms with van der Waals surface area (Å²) in [6.45, 7) is 5.12. The molecule has 0 heterocycles. The highest BCUT2D eigenvalue weighted by atomic mass is 32.2. The molecule has 4 nitrogen and oxygen atoms in total. The molecule has 0 radical (unpaired) electrons. The number of carbonyl (C=O) groups excluding carboxylic acids is 1. The largest absolute Gasteiger partial charge is 0.481 e. The molecule has 0 aromatic rings. The van der Waals surface area contributed by atoms with Crippen LogP contribution in [0.2, 0.25) is 0 Å². The molecule has 0 amide bonds. The Morgan fingerprint density at radius 3 is 1.85 bits per heavy atom. The fraction of sp³-hybridized carbons (Fsp3) is 0.905. The van der Waals surface area contributed by atoms with E-state index in [2.05, 4.69) is 13.8 Å². The maximum atomic E-state index is 11.5. The van der Waals surface area contributed by atoms with E-state index in [1.165, 1.54) is 69.5 Å². The Morgan fingerprint density at radius 2 is 1.31 bits per heavy atom. The topological polar surface area (TPSA) is 63.6 Å². The zero-order valence-corrected chi connectivity index (χ0v) is 17.8. The van der Waals surface area contributed by atoms with E-state index in [0.29, 0.717) is 24.5 Å². The van der Waals surface area contributed by atoms with Crippen LogP contribution >= 0.6 is 11.8 Å². The SMILES string of the molecule is CC(C)CCCCCCCCCCCCOC(=O)CCSCCC(=O)O. The summed E-state index contributed by atoms with van der Waals surface area (Å²) in [6.07, 6.45) is 14.7. The van der Waals surface area contributed by atoms with Crippen LogP contribution in [0.25, 0.3) is 0 Å². The van der Waals surface area contributed by atoms with Gasteiger partial charge in [-0.25, -0.2) is 0 Å². The van der Waals surface area contributed by atoms with E-state index in [1.54, 1.807) is 0 Å². The third-order valence-electron chi connectivity index (χ3n) is 4.35. The number of unbranched alkanes of at least 4 members (excludes halogenated alkanes) is 9. The molecule has 0 aromatic heterocycles. The summed E-state index contributed by atoms with van der Waals surface area (Å²) >= 11 is 1.49. The number of esters is 1. The normalized spacial score (nSPS) is 11.0. The molecule has 0 saturated carbocycles. The maximum Gasteiger partial charge on any atom is 0.306 e. The first kappa shape index (κ1) is 25.3. The summed E-state index contributed by atoms with van der Waals surface area (Å²) in [6, 6.07) is 0. The van der Waals surface area contributed by atoms with Crippen molar-refractivity contribution in [3.8, 4) is 0 Å². The smallest absolute Gasteiger partial charge is 0.306 e. The molecular weight excluding hydrogens is 348 g/mol. The van der Waals surface area contributed by atoms with Crippen LogP contribution in [-0.4, -0.2) is 35.2 Å². The number of ether oxygens (including phenoxy) is 1. The van der Waals surface area contributed by atoms with Crippen LogP contribution in [0.3, 0.4) is 0 Å². The first-order chi connectivity index (χ1) is 12.5. The Morgan fingerprint density at radius 1 is 0.808 bits per heavy atom. The second-order valence-corrected chi connectivity index (χ2v) is 8.67. The second kappa shape index (κ2) is 19.1. The third kappa shape index (κ3) is 21.3. The lowest BCUT2D eigenvalue weighted by Gasteiger charge is -2.06. The van der Waals surface area contributed by atoms with E-state index >= 15 is 0 Å².